The van der Waals surface area contributed by atoms with Crippen LogP contribution in [-0.2, 0) is 20.1 Å². The van der Waals surface area contributed by atoms with Gasteiger partial charge in [0.05, 0.1) is 6.04 Å². The minimum atomic E-state index is 0. The van der Waals surface area contributed by atoms with E-state index < -0.39 is 0 Å². The van der Waals surface area contributed by atoms with Crippen LogP contribution in [0.15, 0.2) is 128 Å². The SMILES string of the molecule is C[n+]1ccc(-c2ccc(C3c4ccc(OCc5ccccc5)cc4CCN3c3ccccc3)cc2)cc1.[I-]. The summed E-state index contributed by atoms with van der Waals surface area (Å²) in [6.45, 7) is 1.54. The number of fused-ring (bicyclic) bond motifs is 1. The van der Waals surface area contributed by atoms with E-state index in [1.54, 1.807) is 0 Å². The van der Waals surface area contributed by atoms with Crippen LogP contribution in [0.4, 0.5) is 5.69 Å². The van der Waals surface area contributed by atoms with Crippen LogP contribution in [0.25, 0.3) is 11.1 Å². The number of halogens is 1. The number of pyridine rings is 1. The van der Waals surface area contributed by atoms with Crippen molar-refractivity contribution in [2.75, 3.05) is 11.4 Å². The summed E-state index contributed by atoms with van der Waals surface area (Å²) in [4.78, 5) is 2.53. The molecule has 0 spiro atoms. The molecule has 6 rings (SSSR count). The number of ether oxygens (including phenoxy) is 1. The third-order valence-electron chi connectivity index (χ3n) is 7.22. The van der Waals surface area contributed by atoms with Crippen LogP contribution >= 0.6 is 0 Å². The molecule has 5 aromatic rings. The Labute approximate surface area is 242 Å². The number of benzene rings is 4. The highest BCUT2D eigenvalue weighted by atomic mass is 127. The normalized spacial score (nSPS) is 14.3. The molecule has 1 unspecified atom stereocenters. The first-order chi connectivity index (χ1) is 18.2. The van der Waals surface area contributed by atoms with Gasteiger partial charge < -0.3 is 33.6 Å². The predicted molar refractivity (Wildman–Crippen MR) is 150 cm³/mol. The van der Waals surface area contributed by atoms with Crippen molar-refractivity contribution in [3.8, 4) is 16.9 Å². The molecule has 0 amide bonds. The summed E-state index contributed by atoms with van der Waals surface area (Å²) in [6, 6.07) is 41.3. The topological polar surface area (TPSA) is 16.4 Å². The summed E-state index contributed by atoms with van der Waals surface area (Å²) in [7, 11) is 2.05. The lowest BCUT2D eigenvalue weighted by molar-refractivity contribution is -0.671. The Balaban J connectivity index is 0.00000294. The second-order valence-corrected chi connectivity index (χ2v) is 9.69. The minimum Gasteiger partial charge on any atom is -1.00 e. The summed E-state index contributed by atoms with van der Waals surface area (Å²) in [5.74, 6) is 0.933. The number of nitrogens with zero attached hydrogens (tertiary/aromatic N) is 2. The molecule has 0 aliphatic carbocycles. The molecule has 1 aliphatic rings. The van der Waals surface area contributed by atoms with E-state index in [2.05, 4.69) is 131 Å². The summed E-state index contributed by atoms with van der Waals surface area (Å²) >= 11 is 0. The predicted octanol–water partition coefficient (Wildman–Crippen LogP) is 3.91. The fraction of sp³-hybridized carbons (Fsp3) is 0.147. The molecule has 4 aromatic carbocycles. The molecule has 4 heteroatoms. The first-order valence-electron chi connectivity index (χ1n) is 12.9. The number of hydrogen-bond acceptors (Lipinski definition) is 2. The van der Waals surface area contributed by atoms with E-state index in [1.165, 1.54) is 39.1 Å². The Morgan fingerprint density at radius 3 is 2.13 bits per heavy atom. The van der Waals surface area contributed by atoms with E-state index in [-0.39, 0.29) is 30.0 Å². The molecule has 1 aromatic heterocycles. The average molecular weight is 611 g/mol. The van der Waals surface area contributed by atoms with Gasteiger partial charge in [0.15, 0.2) is 12.4 Å². The Bertz CT molecular complexity index is 1470. The van der Waals surface area contributed by atoms with E-state index in [0.717, 1.165) is 18.7 Å². The van der Waals surface area contributed by atoms with Crippen LogP contribution < -0.4 is 38.2 Å². The van der Waals surface area contributed by atoms with E-state index in [1.807, 2.05) is 13.1 Å². The van der Waals surface area contributed by atoms with Crippen LogP contribution in [0.3, 0.4) is 0 Å². The van der Waals surface area contributed by atoms with Crippen LogP contribution in [-0.4, -0.2) is 6.54 Å². The standard InChI is InChI=1S/C34H31N2O.HI/c1-35-21-18-28(19-22-35)27-12-14-29(15-13-27)34-33-17-16-32(37-25-26-8-4-2-5-9-26)24-30(33)20-23-36(34)31-10-6-3-7-11-31;/h2-19,21-22,24,34H,20,23,25H2,1H3;1H/q+1;/p-1. The maximum Gasteiger partial charge on any atom is 0.169 e. The number of aryl methyl sites for hydroxylation is 1. The summed E-state index contributed by atoms with van der Waals surface area (Å²) in [5.41, 5.74) is 8.91. The second kappa shape index (κ2) is 11.8. The Morgan fingerprint density at radius 1 is 0.763 bits per heavy atom. The van der Waals surface area contributed by atoms with E-state index in [4.69, 9.17) is 4.74 Å². The highest BCUT2D eigenvalue weighted by molar-refractivity contribution is 5.64. The van der Waals surface area contributed by atoms with Crippen molar-refractivity contribution < 1.29 is 33.3 Å². The molecule has 0 fully saturated rings. The third kappa shape index (κ3) is 5.60. The summed E-state index contributed by atoms with van der Waals surface area (Å²) in [6.07, 6.45) is 5.17. The van der Waals surface area contributed by atoms with Gasteiger partial charge in [-0.25, -0.2) is 4.57 Å². The first-order valence-corrected chi connectivity index (χ1v) is 12.9. The molecular weight excluding hydrogens is 579 g/mol. The molecule has 0 bridgehead atoms. The minimum absolute atomic E-state index is 0. The third-order valence-corrected chi connectivity index (χ3v) is 7.22. The summed E-state index contributed by atoms with van der Waals surface area (Å²) < 4.78 is 8.23. The highest BCUT2D eigenvalue weighted by Crippen LogP contribution is 2.40. The lowest BCUT2D eigenvalue weighted by Crippen LogP contribution is -3.00. The molecule has 0 saturated heterocycles. The van der Waals surface area contributed by atoms with Crippen molar-refractivity contribution in [2.24, 2.45) is 7.05 Å². The van der Waals surface area contributed by atoms with Crippen molar-refractivity contribution in [3.63, 3.8) is 0 Å². The number of anilines is 1. The zero-order valence-electron chi connectivity index (χ0n) is 21.5. The van der Waals surface area contributed by atoms with E-state index >= 15 is 0 Å². The molecule has 2 heterocycles. The molecule has 0 saturated carbocycles. The van der Waals surface area contributed by atoms with Crippen LogP contribution in [0.1, 0.15) is 28.3 Å². The molecule has 0 radical (unpaired) electrons. The van der Waals surface area contributed by atoms with Crippen molar-refractivity contribution in [2.45, 2.75) is 19.1 Å². The highest BCUT2D eigenvalue weighted by Gasteiger charge is 2.29. The van der Waals surface area contributed by atoms with Gasteiger partial charge in [-0.3, -0.25) is 0 Å². The fourth-order valence-electron chi connectivity index (χ4n) is 5.24. The summed E-state index contributed by atoms with van der Waals surface area (Å²) in [5, 5.41) is 0. The smallest absolute Gasteiger partial charge is 0.169 e. The second-order valence-electron chi connectivity index (χ2n) is 9.69. The molecule has 3 nitrogen and oxygen atoms in total. The molecule has 38 heavy (non-hydrogen) atoms. The molecule has 1 atom stereocenters. The Kier molecular flexibility index (Phi) is 8.08. The average Bonchev–Trinajstić information content (AvgIpc) is 2.97. The lowest BCUT2D eigenvalue weighted by Gasteiger charge is -2.39. The number of para-hydroxylation sites is 1. The van der Waals surface area contributed by atoms with Gasteiger partial charge in [0.25, 0.3) is 0 Å². The zero-order chi connectivity index (χ0) is 25.0. The maximum absolute atomic E-state index is 6.17. The van der Waals surface area contributed by atoms with Gasteiger partial charge in [0.1, 0.15) is 19.4 Å². The van der Waals surface area contributed by atoms with Gasteiger partial charge in [0.2, 0.25) is 0 Å². The molecular formula is C34H31IN2O. The van der Waals surface area contributed by atoms with Gasteiger partial charge in [0, 0.05) is 24.4 Å². The number of hydrogen-bond donors (Lipinski definition) is 0. The molecule has 190 valence electrons. The molecule has 1 aliphatic heterocycles. The van der Waals surface area contributed by atoms with Crippen molar-refractivity contribution >= 4 is 5.69 Å². The quantitative estimate of drug-likeness (QED) is 0.214. The lowest BCUT2D eigenvalue weighted by atomic mass is 9.87. The monoisotopic (exact) mass is 610 g/mol. The van der Waals surface area contributed by atoms with Crippen LogP contribution in [0.2, 0.25) is 0 Å². The zero-order valence-corrected chi connectivity index (χ0v) is 23.7. The van der Waals surface area contributed by atoms with Crippen LogP contribution in [0.5, 0.6) is 5.75 Å². The van der Waals surface area contributed by atoms with Crippen LogP contribution in [0, 0.1) is 0 Å². The number of aromatic nitrogens is 1. The van der Waals surface area contributed by atoms with E-state index in [0.29, 0.717) is 6.61 Å². The van der Waals surface area contributed by atoms with Gasteiger partial charge in [-0.2, -0.15) is 0 Å². The van der Waals surface area contributed by atoms with Crippen molar-refractivity contribution in [1.29, 1.82) is 0 Å². The maximum atomic E-state index is 6.17. The van der Waals surface area contributed by atoms with Crippen molar-refractivity contribution in [1.82, 2.24) is 0 Å². The van der Waals surface area contributed by atoms with Gasteiger partial charge in [-0.1, -0.05) is 78.9 Å². The number of rotatable bonds is 6. The fourth-order valence-corrected chi connectivity index (χ4v) is 5.24. The Hall–Kier alpha value is -3.64. The van der Waals surface area contributed by atoms with Gasteiger partial charge in [-0.05, 0) is 64.1 Å². The van der Waals surface area contributed by atoms with Gasteiger partial charge in [-0.15, -0.1) is 0 Å². The molecule has 0 N–H and O–H groups in total. The van der Waals surface area contributed by atoms with Gasteiger partial charge >= 0.3 is 0 Å². The van der Waals surface area contributed by atoms with E-state index in [9.17, 15) is 0 Å². The van der Waals surface area contributed by atoms with Crippen molar-refractivity contribution in [3.05, 3.63) is 150 Å². The first kappa shape index (κ1) is 26.0. The Morgan fingerprint density at radius 2 is 1.42 bits per heavy atom. The largest absolute Gasteiger partial charge is 1.00 e.